The summed E-state index contributed by atoms with van der Waals surface area (Å²) in [6, 6.07) is 2.05. The van der Waals surface area contributed by atoms with E-state index >= 15 is 0 Å². The van der Waals surface area contributed by atoms with Crippen molar-refractivity contribution < 1.29 is 5.11 Å². The number of hydrogen-bond donors (Lipinski definition) is 2. The van der Waals surface area contributed by atoms with Gasteiger partial charge in [0.15, 0.2) is 0 Å². The second kappa shape index (κ2) is 5.82. The third-order valence-corrected chi connectivity index (χ3v) is 6.00. The topological polar surface area (TPSA) is 77.9 Å². The van der Waals surface area contributed by atoms with Crippen LogP contribution in [0.1, 0.15) is 21.8 Å². The van der Waals surface area contributed by atoms with Crippen LogP contribution < -0.4 is 4.90 Å². The van der Waals surface area contributed by atoms with Gasteiger partial charge in [0.2, 0.25) is 0 Å². The van der Waals surface area contributed by atoms with Gasteiger partial charge in [-0.05, 0) is 38.8 Å². The van der Waals surface area contributed by atoms with Gasteiger partial charge in [-0.3, -0.25) is 5.10 Å². The normalized spacial score (nSPS) is 21.1. The highest BCUT2D eigenvalue weighted by Crippen LogP contribution is 2.36. The van der Waals surface area contributed by atoms with Crippen molar-refractivity contribution in [3.63, 3.8) is 0 Å². The number of anilines is 1. The number of aryl methyl sites for hydroxylation is 3. The Kier molecular flexibility index (Phi) is 3.77. The molecule has 4 heterocycles. The molecule has 1 saturated heterocycles. The minimum atomic E-state index is -0.368. The van der Waals surface area contributed by atoms with Crippen molar-refractivity contribution in [3.05, 3.63) is 34.2 Å². The molecule has 2 unspecified atom stereocenters. The van der Waals surface area contributed by atoms with E-state index in [1.54, 1.807) is 17.7 Å². The summed E-state index contributed by atoms with van der Waals surface area (Å²) in [5.74, 6) is 1.11. The summed E-state index contributed by atoms with van der Waals surface area (Å²) < 4.78 is 0. The molecule has 2 N–H and O–H groups in total. The van der Waals surface area contributed by atoms with E-state index in [4.69, 9.17) is 0 Å². The van der Waals surface area contributed by atoms with Crippen LogP contribution in [-0.4, -0.2) is 44.5 Å². The van der Waals surface area contributed by atoms with Crippen molar-refractivity contribution in [1.29, 1.82) is 0 Å². The lowest BCUT2D eigenvalue weighted by Gasteiger charge is -2.18. The number of aromatic amines is 1. The van der Waals surface area contributed by atoms with Crippen molar-refractivity contribution in [1.82, 2.24) is 20.2 Å². The summed E-state index contributed by atoms with van der Waals surface area (Å²) in [5, 5.41) is 18.9. The zero-order valence-electron chi connectivity index (χ0n) is 14.1. The molecule has 6 nitrogen and oxygen atoms in total. The van der Waals surface area contributed by atoms with E-state index in [0.717, 1.165) is 40.4 Å². The van der Waals surface area contributed by atoms with Crippen LogP contribution in [0.15, 0.2) is 12.4 Å². The van der Waals surface area contributed by atoms with Crippen molar-refractivity contribution in [2.75, 3.05) is 18.0 Å². The van der Waals surface area contributed by atoms with Gasteiger partial charge < -0.3 is 10.0 Å². The maximum atomic E-state index is 10.5. The van der Waals surface area contributed by atoms with Gasteiger partial charge in [-0.1, -0.05) is 0 Å². The molecule has 0 radical (unpaired) electrons. The van der Waals surface area contributed by atoms with Crippen LogP contribution in [0.25, 0.3) is 10.2 Å². The zero-order chi connectivity index (χ0) is 16.8. The van der Waals surface area contributed by atoms with Crippen LogP contribution in [0.5, 0.6) is 0 Å². The van der Waals surface area contributed by atoms with Gasteiger partial charge in [0.05, 0.1) is 17.2 Å². The van der Waals surface area contributed by atoms with Crippen LogP contribution in [0.2, 0.25) is 0 Å². The number of fused-ring (bicyclic) bond motifs is 1. The molecule has 1 fully saturated rings. The second-order valence-electron chi connectivity index (χ2n) is 6.64. The number of H-pyrrole nitrogens is 1. The summed E-state index contributed by atoms with van der Waals surface area (Å²) >= 11 is 1.70. The first-order chi connectivity index (χ1) is 11.5. The molecule has 0 aliphatic carbocycles. The van der Waals surface area contributed by atoms with Gasteiger partial charge in [-0.15, -0.1) is 11.3 Å². The van der Waals surface area contributed by atoms with Crippen molar-refractivity contribution in [2.45, 2.75) is 33.3 Å². The Balaban J connectivity index is 1.62. The number of rotatable bonds is 3. The molecule has 1 aliphatic heterocycles. The lowest BCUT2D eigenvalue weighted by molar-refractivity contribution is 0.148. The molecule has 4 rings (SSSR count). The van der Waals surface area contributed by atoms with E-state index in [0.29, 0.717) is 6.54 Å². The first-order valence-corrected chi connectivity index (χ1v) is 8.99. The summed E-state index contributed by atoms with van der Waals surface area (Å²) in [6.45, 7) is 7.62. The molecule has 0 bridgehead atoms. The van der Waals surface area contributed by atoms with Crippen LogP contribution in [-0.2, 0) is 6.42 Å². The Bertz CT molecular complexity index is 886. The molecule has 0 saturated carbocycles. The van der Waals surface area contributed by atoms with E-state index in [2.05, 4.69) is 38.9 Å². The van der Waals surface area contributed by atoms with Crippen molar-refractivity contribution in [3.8, 4) is 0 Å². The minimum Gasteiger partial charge on any atom is -0.391 e. The molecule has 0 aromatic carbocycles. The average Bonchev–Trinajstić information content (AvgIpc) is 3.20. The molecule has 1 aliphatic rings. The van der Waals surface area contributed by atoms with Gasteiger partial charge in [-0.2, -0.15) is 5.10 Å². The van der Waals surface area contributed by atoms with Gasteiger partial charge >= 0.3 is 0 Å². The number of nitrogens with one attached hydrogen (secondary N) is 1. The zero-order valence-corrected chi connectivity index (χ0v) is 14.9. The summed E-state index contributed by atoms with van der Waals surface area (Å²) in [4.78, 5) is 13.4. The average molecular weight is 343 g/mol. The highest BCUT2D eigenvalue weighted by molar-refractivity contribution is 7.18. The predicted molar refractivity (Wildman–Crippen MR) is 95.6 cm³/mol. The predicted octanol–water partition coefficient (Wildman–Crippen LogP) is 2.38. The smallest absolute Gasteiger partial charge is 0.141 e. The lowest BCUT2D eigenvalue weighted by atomic mass is 10.0. The van der Waals surface area contributed by atoms with Crippen molar-refractivity contribution in [2.24, 2.45) is 5.92 Å². The quantitative estimate of drug-likeness (QED) is 0.763. The fourth-order valence-corrected chi connectivity index (χ4v) is 4.47. The highest BCUT2D eigenvalue weighted by atomic mass is 32.1. The summed E-state index contributed by atoms with van der Waals surface area (Å²) in [5.41, 5.74) is 3.30. The number of thiophene rings is 1. The molecule has 2 atom stereocenters. The maximum Gasteiger partial charge on any atom is 0.141 e. The van der Waals surface area contributed by atoms with Crippen LogP contribution in [0.4, 0.5) is 5.82 Å². The molecular formula is C17H21N5OS. The van der Waals surface area contributed by atoms with E-state index in [-0.39, 0.29) is 12.0 Å². The molecular weight excluding hydrogens is 322 g/mol. The second-order valence-corrected chi connectivity index (χ2v) is 7.84. The SMILES string of the molecule is Cc1cc(CC2CN(c3ncnc4sc(C)c(C)c34)CC2O)n[nH]1. The largest absolute Gasteiger partial charge is 0.391 e. The summed E-state index contributed by atoms with van der Waals surface area (Å²) in [7, 11) is 0. The first kappa shape index (κ1) is 15.5. The van der Waals surface area contributed by atoms with Crippen molar-refractivity contribution >= 4 is 27.4 Å². The van der Waals surface area contributed by atoms with Crippen LogP contribution in [0, 0.1) is 26.7 Å². The Morgan fingerprint density at radius 3 is 2.88 bits per heavy atom. The van der Waals surface area contributed by atoms with Gasteiger partial charge in [0, 0.05) is 29.6 Å². The Morgan fingerprint density at radius 2 is 2.12 bits per heavy atom. The first-order valence-electron chi connectivity index (χ1n) is 8.17. The number of nitrogens with zero attached hydrogens (tertiary/aromatic N) is 4. The number of aliphatic hydroxyl groups excluding tert-OH is 1. The molecule has 0 spiro atoms. The van der Waals surface area contributed by atoms with Gasteiger partial charge in [0.25, 0.3) is 0 Å². The Morgan fingerprint density at radius 1 is 1.29 bits per heavy atom. The molecule has 3 aromatic heterocycles. The van der Waals surface area contributed by atoms with E-state index in [1.807, 2.05) is 13.0 Å². The van der Waals surface area contributed by atoms with E-state index in [1.165, 1.54) is 10.4 Å². The fraction of sp³-hybridized carbons (Fsp3) is 0.471. The number of aromatic nitrogens is 4. The third kappa shape index (κ3) is 2.57. The molecule has 0 amide bonds. The molecule has 126 valence electrons. The number of aliphatic hydroxyl groups is 1. The Hall–Kier alpha value is -1.99. The van der Waals surface area contributed by atoms with Gasteiger partial charge in [0.1, 0.15) is 17.0 Å². The summed E-state index contributed by atoms with van der Waals surface area (Å²) in [6.07, 6.45) is 2.04. The van der Waals surface area contributed by atoms with Gasteiger partial charge in [-0.25, -0.2) is 9.97 Å². The van der Waals surface area contributed by atoms with Crippen LogP contribution in [0.3, 0.4) is 0 Å². The highest BCUT2D eigenvalue weighted by Gasteiger charge is 2.33. The number of β-amino-alcohol motifs (C(OH)–C–C–N with tert-alkyl or cyclic N) is 1. The molecule has 24 heavy (non-hydrogen) atoms. The van der Waals surface area contributed by atoms with E-state index in [9.17, 15) is 5.11 Å². The minimum absolute atomic E-state index is 0.165. The number of hydrogen-bond acceptors (Lipinski definition) is 6. The maximum absolute atomic E-state index is 10.5. The Labute approximate surface area is 144 Å². The lowest BCUT2D eigenvalue weighted by Crippen LogP contribution is -2.22. The standard InChI is InChI=1S/C17H21N5OS/c1-9-4-13(21-20-9)5-12-6-22(7-14(12)23)16-15-10(2)11(3)24-17(15)19-8-18-16/h4,8,12,14,23H,5-7H2,1-3H3,(H,20,21). The fourth-order valence-electron chi connectivity index (χ4n) is 3.48. The van der Waals surface area contributed by atoms with E-state index < -0.39 is 0 Å². The van der Waals surface area contributed by atoms with Crippen LogP contribution >= 0.6 is 11.3 Å². The molecule has 7 heteroatoms. The third-order valence-electron chi connectivity index (χ3n) is 4.88. The molecule has 3 aromatic rings. The monoisotopic (exact) mass is 343 g/mol.